The Balaban J connectivity index is 1.57. The van der Waals surface area contributed by atoms with Gasteiger partial charge in [-0.05, 0) is 12.5 Å². The zero-order valence-corrected chi connectivity index (χ0v) is 13.9. The lowest BCUT2D eigenvalue weighted by atomic mass is 10.2. The predicted molar refractivity (Wildman–Crippen MR) is 90.2 cm³/mol. The van der Waals surface area contributed by atoms with Crippen molar-refractivity contribution in [3.8, 4) is 0 Å². The van der Waals surface area contributed by atoms with Crippen molar-refractivity contribution in [1.82, 2.24) is 14.8 Å². The molecule has 0 atom stereocenters. The first-order valence-corrected chi connectivity index (χ1v) is 8.21. The fourth-order valence-electron chi connectivity index (χ4n) is 2.97. The smallest absolute Gasteiger partial charge is 0.255 e. The number of ether oxygens (including phenoxy) is 1. The Bertz CT molecular complexity index is 614. The molecule has 24 heavy (non-hydrogen) atoms. The van der Waals surface area contributed by atoms with Crippen molar-refractivity contribution >= 4 is 23.3 Å². The van der Waals surface area contributed by atoms with Gasteiger partial charge < -0.3 is 20.3 Å². The van der Waals surface area contributed by atoms with Gasteiger partial charge in [-0.15, -0.1) is 0 Å². The van der Waals surface area contributed by atoms with Crippen molar-refractivity contribution in [2.75, 3.05) is 63.6 Å². The van der Waals surface area contributed by atoms with Gasteiger partial charge in [-0.1, -0.05) is 0 Å². The Morgan fingerprint density at radius 1 is 1.33 bits per heavy atom. The number of pyridine rings is 1. The van der Waals surface area contributed by atoms with E-state index >= 15 is 0 Å². The summed E-state index contributed by atoms with van der Waals surface area (Å²) in [5.41, 5.74) is 1.07. The normalized spacial score (nSPS) is 17.9. The van der Waals surface area contributed by atoms with Crippen molar-refractivity contribution in [2.24, 2.45) is 0 Å². The number of hydrogen-bond acceptors (Lipinski definition) is 6. The molecule has 3 heterocycles. The molecule has 8 nitrogen and oxygen atoms in total. The number of rotatable bonds is 5. The molecule has 0 aliphatic carbocycles. The Kier molecular flexibility index (Phi) is 5.27. The second kappa shape index (κ2) is 7.59. The van der Waals surface area contributed by atoms with Crippen LogP contribution in [0.2, 0.25) is 0 Å². The van der Waals surface area contributed by atoms with Gasteiger partial charge >= 0.3 is 0 Å². The van der Waals surface area contributed by atoms with Crippen LogP contribution in [-0.2, 0) is 9.53 Å². The highest BCUT2D eigenvalue weighted by Crippen LogP contribution is 2.23. The number of hydrogen-bond donors (Lipinski definition) is 2. The van der Waals surface area contributed by atoms with E-state index in [0.29, 0.717) is 30.2 Å². The van der Waals surface area contributed by atoms with Gasteiger partial charge in [0.15, 0.2) is 0 Å². The average molecular weight is 333 g/mol. The minimum absolute atomic E-state index is 0.0401. The van der Waals surface area contributed by atoms with Gasteiger partial charge in [-0.2, -0.15) is 0 Å². The number of carbonyl (C=O) groups is 2. The van der Waals surface area contributed by atoms with Crippen LogP contribution >= 0.6 is 0 Å². The highest BCUT2D eigenvalue weighted by molar-refractivity contribution is 6.02. The quantitative estimate of drug-likeness (QED) is 0.751. The van der Waals surface area contributed by atoms with E-state index in [9.17, 15) is 9.59 Å². The van der Waals surface area contributed by atoms with Crippen LogP contribution in [0.4, 0.5) is 11.5 Å². The molecule has 0 aromatic carbocycles. The van der Waals surface area contributed by atoms with Gasteiger partial charge in [-0.3, -0.25) is 14.5 Å². The molecule has 0 saturated carbocycles. The van der Waals surface area contributed by atoms with Crippen molar-refractivity contribution in [3.05, 3.63) is 17.8 Å². The molecule has 0 unspecified atom stereocenters. The Labute approximate surface area is 141 Å². The molecule has 3 rings (SSSR count). The first-order chi connectivity index (χ1) is 11.7. The van der Waals surface area contributed by atoms with Crippen LogP contribution in [0.3, 0.4) is 0 Å². The highest BCUT2D eigenvalue weighted by Gasteiger charge is 2.24. The lowest BCUT2D eigenvalue weighted by Gasteiger charge is -2.34. The number of amides is 2. The Morgan fingerprint density at radius 2 is 2.12 bits per heavy atom. The minimum Gasteiger partial charge on any atom is -0.385 e. The summed E-state index contributed by atoms with van der Waals surface area (Å²) in [6, 6.07) is 1.69. The summed E-state index contributed by atoms with van der Waals surface area (Å²) in [5, 5.41) is 5.66. The fourth-order valence-corrected chi connectivity index (χ4v) is 2.97. The van der Waals surface area contributed by atoms with E-state index in [-0.39, 0.29) is 18.4 Å². The molecule has 1 aromatic rings. The molecule has 1 fully saturated rings. The first-order valence-electron chi connectivity index (χ1n) is 8.21. The summed E-state index contributed by atoms with van der Waals surface area (Å²) in [6.07, 6.45) is 2.57. The summed E-state index contributed by atoms with van der Waals surface area (Å²) in [4.78, 5) is 32.5. The maximum atomic E-state index is 12.6. The maximum Gasteiger partial charge on any atom is 0.255 e. The third-order valence-electron chi connectivity index (χ3n) is 4.31. The van der Waals surface area contributed by atoms with Crippen LogP contribution in [-0.4, -0.2) is 79.6 Å². The molecule has 0 spiro atoms. The van der Waals surface area contributed by atoms with Gasteiger partial charge in [0.1, 0.15) is 5.82 Å². The van der Waals surface area contributed by atoms with Gasteiger partial charge in [-0.25, -0.2) is 4.98 Å². The van der Waals surface area contributed by atoms with E-state index in [2.05, 4.69) is 20.5 Å². The van der Waals surface area contributed by atoms with Gasteiger partial charge in [0.25, 0.3) is 5.91 Å². The number of piperazine rings is 1. The molecule has 2 aliphatic rings. The zero-order chi connectivity index (χ0) is 16.9. The number of nitrogens with zero attached hydrogens (tertiary/aromatic N) is 3. The summed E-state index contributed by atoms with van der Waals surface area (Å²) in [6.45, 7) is 5.10. The van der Waals surface area contributed by atoms with Crippen LogP contribution in [0.25, 0.3) is 0 Å². The molecule has 2 N–H and O–H groups in total. The van der Waals surface area contributed by atoms with E-state index in [0.717, 1.165) is 32.7 Å². The molecule has 1 saturated heterocycles. The second-order valence-electron chi connectivity index (χ2n) is 6.00. The number of methoxy groups -OCH3 is 1. The fraction of sp³-hybridized carbons (Fsp3) is 0.562. The van der Waals surface area contributed by atoms with Crippen molar-refractivity contribution in [3.63, 3.8) is 0 Å². The molecule has 0 radical (unpaired) electrons. The van der Waals surface area contributed by atoms with Crippen LogP contribution in [0.5, 0.6) is 0 Å². The molecule has 8 heteroatoms. The monoisotopic (exact) mass is 333 g/mol. The van der Waals surface area contributed by atoms with Gasteiger partial charge in [0.05, 0.1) is 17.8 Å². The zero-order valence-electron chi connectivity index (χ0n) is 13.9. The van der Waals surface area contributed by atoms with E-state index in [1.165, 1.54) is 0 Å². The number of aromatic nitrogens is 1. The first kappa shape index (κ1) is 16.7. The van der Waals surface area contributed by atoms with Crippen LogP contribution in [0.15, 0.2) is 12.3 Å². The summed E-state index contributed by atoms with van der Waals surface area (Å²) in [7, 11) is 1.71. The molecule has 2 amide bonds. The minimum atomic E-state index is -0.126. The summed E-state index contributed by atoms with van der Waals surface area (Å²) < 4.78 is 5.07. The number of nitrogens with one attached hydrogen (secondary N) is 2. The lowest BCUT2D eigenvalue weighted by Crippen LogP contribution is -2.49. The van der Waals surface area contributed by atoms with Gasteiger partial charge in [0, 0.05) is 52.6 Å². The summed E-state index contributed by atoms with van der Waals surface area (Å²) in [5.74, 6) is 0.439. The molecule has 2 aliphatic heterocycles. The molecule has 1 aromatic heterocycles. The van der Waals surface area contributed by atoms with Crippen molar-refractivity contribution < 1.29 is 14.3 Å². The molecular formula is C16H23N5O3. The van der Waals surface area contributed by atoms with E-state index in [4.69, 9.17) is 4.74 Å². The summed E-state index contributed by atoms with van der Waals surface area (Å²) >= 11 is 0. The average Bonchev–Trinajstić information content (AvgIpc) is 2.61. The standard InChI is InChI=1S/C16H23N5O3/c1-24-8-2-3-20-4-6-21(7-5-20)16(23)12-9-13-15(17-10-12)18-11-14(22)19-13/h9-10H,2-8,11H2,1H3,(H,17,18)(H,19,22). The molecule has 0 bridgehead atoms. The topological polar surface area (TPSA) is 86.8 Å². The highest BCUT2D eigenvalue weighted by atomic mass is 16.5. The number of carbonyl (C=O) groups excluding carboxylic acids is 2. The SMILES string of the molecule is COCCCN1CCN(C(=O)c2cnc3c(c2)NC(=O)CN3)CC1. The van der Waals surface area contributed by atoms with E-state index < -0.39 is 0 Å². The Morgan fingerprint density at radius 3 is 2.88 bits per heavy atom. The lowest BCUT2D eigenvalue weighted by molar-refractivity contribution is -0.114. The van der Waals surface area contributed by atoms with Crippen LogP contribution in [0.1, 0.15) is 16.8 Å². The van der Waals surface area contributed by atoms with Crippen LogP contribution < -0.4 is 10.6 Å². The predicted octanol–water partition coefficient (Wildman–Crippen LogP) is 0.240. The van der Waals surface area contributed by atoms with Crippen molar-refractivity contribution in [2.45, 2.75) is 6.42 Å². The second-order valence-corrected chi connectivity index (χ2v) is 6.00. The number of anilines is 2. The third kappa shape index (κ3) is 3.82. The maximum absolute atomic E-state index is 12.6. The molecular weight excluding hydrogens is 310 g/mol. The third-order valence-corrected chi connectivity index (χ3v) is 4.31. The Hall–Kier alpha value is -2.19. The van der Waals surface area contributed by atoms with E-state index in [1.54, 1.807) is 19.4 Å². The van der Waals surface area contributed by atoms with E-state index in [1.807, 2.05) is 4.90 Å². The van der Waals surface area contributed by atoms with Crippen molar-refractivity contribution in [1.29, 1.82) is 0 Å². The van der Waals surface area contributed by atoms with Crippen LogP contribution in [0, 0.1) is 0 Å². The molecule has 130 valence electrons. The largest absolute Gasteiger partial charge is 0.385 e. The number of fused-ring (bicyclic) bond motifs is 1. The van der Waals surface area contributed by atoms with Gasteiger partial charge in [0.2, 0.25) is 5.91 Å².